The number of methoxy groups -OCH3 is 1. The van der Waals surface area contributed by atoms with Gasteiger partial charge in [0.25, 0.3) is 5.92 Å². The quantitative estimate of drug-likeness (QED) is 0.885. The fourth-order valence-corrected chi connectivity index (χ4v) is 2.11. The lowest BCUT2D eigenvalue weighted by Crippen LogP contribution is -2.42. The van der Waals surface area contributed by atoms with Crippen molar-refractivity contribution in [1.82, 2.24) is 5.32 Å². The molecule has 5 heteroatoms. The molecule has 1 aliphatic heterocycles. The van der Waals surface area contributed by atoms with Crippen LogP contribution in [0.15, 0.2) is 24.3 Å². The number of rotatable bonds is 2. The maximum absolute atomic E-state index is 13.8. The smallest absolute Gasteiger partial charge is 0.267 e. The van der Waals surface area contributed by atoms with E-state index in [0.717, 1.165) is 0 Å². The molecule has 1 aromatic rings. The van der Waals surface area contributed by atoms with Crippen LogP contribution in [0.5, 0.6) is 5.75 Å². The molecular formula is C12H16ClF2NO. The Morgan fingerprint density at radius 1 is 1.35 bits per heavy atom. The number of para-hydroxylation sites is 1. The summed E-state index contributed by atoms with van der Waals surface area (Å²) in [5.41, 5.74) is 0.537. The summed E-state index contributed by atoms with van der Waals surface area (Å²) >= 11 is 0. The Hall–Kier alpha value is -0.870. The van der Waals surface area contributed by atoms with E-state index in [1.54, 1.807) is 24.3 Å². The maximum atomic E-state index is 13.8. The van der Waals surface area contributed by atoms with Gasteiger partial charge in [-0.05, 0) is 19.0 Å². The molecule has 1 aliphatic rings. The summed E-state index contributed by atoms with van der Waals surface area (Å²) in [6, 6.07) is 6.00. The highest BCUT2D eigenvalue weighted by molar-refractivity contribution is 5.85. The predicted octanol–water partition coefficient (Wildman–Crippen LogP) is 3.18. The van der Waals surface area contributed by atoms with Crippen molar-refractivity contribution in [3.05, 3.63) is 29.8 Å². The summed E-state index contributed by atoms with van der Waals surface area (Å²) in [6.07, 6.45) is 0.446. The zero-order valence-electron chi connectivity index (χ0n) is 9.58. The molecule has 2 nitrogen and oxygen atoms in total. The van der Waals surface area contributed by atoms with E-state index in [1.165, 1.54) is 7.11 Å². The molecule has 1 N–H and O–H groups in total. The second-order valence-electron chi connectivity index (χ2n) is 3.99. The van der Waals surface area contributed by atoms with E-state index in [1.807, 2.05) is 0 Å². The number of hydrogen-bond donors (Lipinski definition) is 1. The molecule has 0 radical (unpaired) electrons. The Kier molecular flexibility index (Phi) is 4.71. The van der Waals surface area contributed by atoms with Crippen LogP contribution in [0.25, 0.3) is 0 Å². The number of halogens is 3. The molecule has 1 heterocycles. The summed E-state index contributed by atoms with van der Waals surface area (Å²) < 4.78 is 32.6. The van der Waals surface area contributed by atoms with Crippen molar-refractivity contribution in [1.29, 1.82) is 0 Å². The summed E-state index contributed by atoms with van der Waals surface area (Å²) in [6.45, 7) is 0.623. The third-order valence-corrected chi connectivity index (χ3v) is 2.91. The van der Waals surface area contributed by atoms with E-state index in [0.29, 0.717) is 24.3 Å². The van der Waals surface area contributed by atoms with E-state index in [2.05, 4.69) is 5.32 Å². The number of ether oxygens (including phenoxy) is 1. The van der Waals surface area contributed by atoms with Crippen molar-refractivity contribution in [2.75, 3.05) is 13.7 Å². The van der Waals surface area contributed by atoms with Crippen molar-refractivity contribution in [3.8, 4) is 5.75 Å². The summed E-state index contributed by atoms with van der Waals surface area (Å²) in [4.78, 5) is 0. The fourth-order valence-electron chi connectivity index (χ4n) is 2.11. The number of hydrogen-bond acceptors (Lipinski definition) is 2. The van der Waals surface area contributed by atoms with Gasteiger partial charge in [0, 0.05) is 12.0 Å². The average molecular weight is 264 g/mol. The topological polar surface area (TPSA) is 21.3 Å². The Bertz CT molecular complexity index is 373. The molecule has 0 aromatic heterocycles. The lowest BCUT2D eigenvalue weighted by molar-refractivity contribution is -0.0625. The molecule has 1 fully saturated rings. The fraction of sp³-hybridized carbons (Fsp3) is 0.500. The molecule has 1 aromatic carbocycles. The molecule has 0 bridgehead atoms. The Morgan fingerprint density at radius 2 is 2.06 bits per heavy atom. The minimum atomic E-state index is -2.70. The van der Waals surface area contributed by atoms with Gasteiger partial charge in [0.15, 0.2) is 0 Å². The van der Waals surface area contributed by atoms with Crippen LogP contribution >= 0.6 is 12.4 Å². The SMILES string of the molecule is COc1ccccc1C1NCCCC1(F)F.Cl. The molecule has 96 valence electrons. The Balaban J connectivity index is 0.00000144. The molecule has 1 atom stereocenters. The lowest BCUT2D eigenvalue weighted by Gasteiger charge is -2.33. The van der Waals surface area contributed by atoms with Crippen LogP contribution in [0.3, 0.4) is 0 Å². The molecule has 2 rings (SSSR count). The first kappa shape index (κ1) is 14.2. The van der Waals surface area contributed by atoms with E-state index in [9.17, 15) is 8.78 Å². The molecule has 1 unspecified atom stereocenters. The van der Waals surface area contributed by atoms with E-state index in [4.69, 9.17) is 4.74 Å². The van der Waals surface area contributed by atoms with Crippen LogP contribution in [0, 0.1) is 0 Å². The average Bonchev–Trinajstić information content (AvgIpc) is 2.28. The lowest BCUT2D eigenvalue weighted by atomic mass is 9.93. The summed E-state index contributed by atoms with van der Waals surface area (Å²) in [5.74, 6) is -2.19. The van der Waals surface area contributed by atoms with E-state index in [-0.39, 0.29) is 18.8 Å². The largest absolute Gasteiger partial charge is 0.496 e. The minimum Gasteiger partial charge on any atom is -0.496 e. The van der Waals surface area contributed by atoms with Gasteiger partial charge < -0.3 is 10.1 Å². The van der Waals surface area contributed by atoms with Gasteiger partial charge in [0.1, 0.15) is 11.8 Å². The van der Waals surface area contributed by atoms with Gasteiger partial charge in [-0.1, -0.05) is 18.2 Å². The van der Waals surface area contributed by atoms with Crippen molar-refractivity contribution < 1.29 is 13.5 Å². The number of nitrogens with one attached hydrogen (secondary N) is 1. The molecule has 0 amide bonds. The van der Waals surface area contributed by atoms with Gasteiger partial charge in [-0.25, -0.2) is 8.78 Å². The van der Waals surface area contributed by atoms with Crippen molar-refractivity contribution in [2.45, 2.75) is 24.8 Å². The maximum Gasteiger partial charge on any atom is 0.267 e. The van der Waals surface area contributed by atoms with Crippen LogP contribution in [-0.2, 0) is 0 Å². The van der Waals surface area contributed by atoms with Crippen LogP contribution in [-0.4, -0.2) is 19.6 Å². The van der Waals surface area contributed by atoms with Crippen LogP contribution in [0.2, 0.25) is 0 Å². The van der Waals surface area contributed by atoms with Crippen molar-refractivity contribution >= 4 is 12.4 Å². The van der Waals surface area contributed by atoms with Gasteiger partial charge in [0.2, 0.25) is 0 Å². The molecular weight excluding hydrogens is 248 g/mol. The van der Waals surface area contributed by atoms with Crippen LogP contribution < -0.4 is 10.1 Å². The molecule has 0 aliphatic carbocycles. The normalized spacial score (nSPS) is 22.6. The van der Waals surface area contributed by atoms with E-state index >= 15 is 0 Å². The van der Waals surface area contributed by atoms with Crippen LogP contribution in [0.4, 0.5) is 8.78 Å². The van der Waals surface area contributed by atoms with Crippen molar-refractivity contribution in [2.24, 2.45) is 0 Å². The first-order valence-corrected chi connectivity index (χ1v) is 5.39. The third kappa shape index (κ3) is 2.87. The molecule has 1 saturated heterocycles. The van der Waals surface area contributed by atoms with Gasteiger partial charge in [-0.2, -0.15) is 0 Å². The second-order valence-corrected chi connectivity index (χ2v) is 3.99. The Labute approximate surface area is 106 Å². The molecule has 0 spiro atoms. The minimum absolute atomic E-state index is 0. The molecule has 0 saturated carbocycles. The van der Waals surface area contributed by atoms with Crippen LogP contribution in [0.1, 0.15) is 24.4 Å². The molecule has 17 heavy (non-hydrogen) atoms. The monoisotopic (exact) mass is 263 g/mol. The first-order valence-electron chi connectivity index (χ1n) is 5.39. The van der Waals surface area contributed by atoms with E-state index < -0.39 is 12.0 Å². The van der Waals surface area contributed by atoms with Gasteiger partial charge in [-0.15, -0.1) is 12.4 Å². The van der Waals surface area contributed by atoms with Gasteiger partial charge >= 0.3 is 0 Å². The third-order valence-electron chi connectivity index (χ3n) is 2.91. The van der Waals surface area contributed by atoms with Crippen molar-refractivity contribution in [3.63, 3.8) is 0 Å². The highest BCUT2D eigenvalue weighted by atomic mass is 35.5. The zero-order chi connectivity index (χ0) is 11.6. The predicted molar refractivity (Wildman–Crippen MR) is 65.2 cm³/mol. The Morgan fingerprint density at radius 3 is 2.71 bits per heavy atom. The second kappa shape index (κ2) is 5.65. The highest BCUT2D eigenvalue weighted by Gasteiger charge is 2.43. The number of piperidine rings is 1. The van der Waals surface area contributed by atoms with Gasteiger partial charge in [0.05, 0.1) is 7.11 Å². The number of benzene rings is 1. The zero-order valence-corrected chi connectivity index (χ0v) is 10.4. The van der Waals surface area contributed by atoms with Gasteiger partial charge in [-0.3, -0.25) is 0 Å². The summed E-state index contributed by atoms with van der Waals surface area (Å²) in [7, 11) is 1.50. The standard InChI is InChI=1S/C12H15F2NO.ClH/c1-16-10-6-3-2-5-9(10)11-12(13,14)7-4-8-15-11;/h2-3,5-6,11,15H,4,7-8H2,1H3;1H. The number of alkyl halides is 2. The first-order chi connectivity index (χ1) is 7.65. The summed E-state index contributed by atoms with van der Waals surface area (Å²) in [5, 5.41) is 2.87. The highest BCUT2D eigenvalue weighted by Crippen LogP contribution is 2.40.